The second-order valence-electron chi connectivity index (χ2n) is 2.48. The molecular formula is C8H12N2O. The van der Waals surface area contributed by atoms with Crippen molar-refractivity contribution in [3.63, 3.8) is 0 Å². The summed E-state index contributed by atoms with van der Waals surface area (Å²) in [5, 5.41) is 9.06. The maximum absolute atomic E-state index is 9.06. The van der Waals surface area contributed by atoms with Gasteiger partial charge in [0.25, 0.3) is 0 Å². The molecule has 1 atom stereocenters. The van der Waals surface area contributed by atoms with Gasteiger partial charge >= 0.3 is 0 Å². The standard InChI is InChI=1S/C8H12N2O/c1-3-7-4-9-8(6(2)11)10-5-7/h4-6,11H,3H2,1-2H3. The van der Waals surface area contributed by atoms with Crippen LogP contribution >= 0.6 is 0 Å². The number of hydrogen-bond donors (Lipinski definition) is 1. The quantitative estimate of drug-likeness (QED) is 0.690. The van der Waals surface area contributed by atoms with Gasteiger partial charge < -0.3 is 5.11 Å². The minimum Gasteiger partial charge on any atom is -0.385 e. The maximum Gasteiger partial charge on any atom is 0.156 e. The number of aliphatic hydroxyl groups excluding tert-OH is 1. The topological polar surface area (TPSA) is 46.0 Å². The number of aliphatic hydroxyl groups is 1. The third-order valence-corrected chi connectivity index (χ3v) is 1.51. The molecule has 0 saturated heterocycles. The normalized spacial score (nSPS) is 13.0. The van der Waals surface area contributed by atoms with Crippen LogP contribution in [0.4, 0.5) is 0 Å². The lowest BCUT2D eigenvalue weighted by Gasteiger charge is -2.01. The Hall–Kier alpha value is -0.960. The van der Waals surface area contributed by atoms with Crippen molar-refractivity contribution in [1.82, 2.24) is 9.97 Å². The van der Waals surface area contributed by atoms with Crippen molar-refractivity contribution in [3.05, 3.63) is 23.8 Å². The average Bonchev–Trinajstić information content (AvgIpc) is 2.05. The van der Waals surface area contributed by atoms with E-state index in [9.17, 15) is 0 Å². The third-order valence-electron chi connectivity index (χ3n) is 1.51. The summed E-state index contributed by atoms with van der Waals surface area (Å²) in [6, 6.07) is 0. The van der Waals surface area contributed by atoms with Crippen molar-refractivity contribution < 1.29 is 5.11 Å². The van der Waals surface area contributed by atoms with Gasteiger partial charge in [0.15, 0.2) is 5.82 Å². The second-order valence-corrected chi connectivity index (χ2v) is 2.48. The molecule has 0 radical (unpaired) electrons. The van der Waals surface area contributed by atoms with E-state index in [1.54, 1.807) is 19.3 Å². The minimum absolute atomic E-state index is 0.488. The van der Waals surface area contributed by atoms with Crippen LogP contribution < -0.4 is 0 Å². The smallest absolute Gasteiger partial charge is 0.156 e. The Bertz CT molecular complexity index is 218. The molecule has 1 N–H and O–H groups in total. The SMILES string of the molecule is CCc1cnc(C(C)O)nc1. The molecule has 3 nitrogen and oxygen atoms in total. The number of aryl methyl sites for hydroxylation is 1. The summed E-state index contributed by atoms with van der Waals surface area (Å²) in [5.74, 6) is 0.488. The number of nitrogens with zero attached hydrogens (tertiary/aromatic N) is 2. The van der Waals surface area contributed by atoms with Crippen LogP contribution in [0.25, 0.3) is 0 Å². The Balaban J connectivity index is 2.83. The maximum atomic E-state index is 9.06. The molecule has 0 aliphatic carbocycles. The van der Waals surface area contributed by atoms with E-state index in [2.05, 4.69) is 9.97 Å². The lowest BCUT2D eigenvalue weighted by Crippen LogP contribution is -1.99. The Morgan fingerprint density at radius 3 is 2.36 bits per heavy atom. The first-order chi connectivity index (χ1) is 5.24. The fourth-order valence-corrected chi connectivity index (χ4v) is 0.763. The number of hydrogen-bond acceptors (Lipinski definition) is 3. The van der Waals surface area contributed by atoms with Crippen LogP contribution in [0.3, 0.4) is 0 Å². The Morgan fingerprint density at radius 1 is 1.45 bits per heavy atom. The van der Waals surface area contributed by atoms with Gasteiger partial charge in [-0.15, -0.1) is 0 Å². The van der Waals surface area contributed by atoms with Crippen molar-refractivity contribution in [3.8, 4) is 0 Å². The lowest BCUT2D eigenvalue weighted by molar-refractivity contribution is 0.189. The zero-order chi connectivity index (χ0) is 8.27. The van der Waals surface area contributed by atoms with Crippen molar-refractivity contribution in [1.29, 1.82) is 0 Å². The third kappa shape index (κ3) is 1.98. The van der Waals surface area contributed by atoms with E-state index in [0.29, 0.717) is 5.82 Å². The van der Waals surface area contributed by atoms with E-state index < -0.39 is 6.10 Å². The molecule has 1 aromatic rings. The molecular weight excluding hydrogens is 140 g/mol. The molecule has 0 saturated carbocycles. The Labute approximate surface area is 66.1 Å². The Morgan fingerprint density at radius 2 is 2.00 bits per heavy atom. The van der Waals surface area contributed by atoms with Crippen molar-refractivity contribution >= 4 is 0 Å². The molecule has 60 valence electrons. The molecule has 3 heteroatoms. The van der Waals surface area contributed by atoms with Crippen LogP contribution in [0.2, 0.25) is 0 Å². The predicted octanol–water partition coefficient (Wildman–Crippen LogP) is 1.09. The van der Waals surface area contributed by atoms with E-state index in [1.165, 1.54) is 0 Å². The molecule has 0 fully saturated rings. The van der Waals surface area contributed by atoms with E-state index in [-0.39, 0.29) is 0 Å². The summed E-state index contributed by atoms with van der Waals surface area (Å²) in [7, 11) is 0. The minimum atomic E-state index is -0.569. The van der Waals surface area contributed by atoms with Gasteiger partial charge in [-0.2, -0.15) is 0 Å². The van der Waals surface area contributed by atoms with E-state index in [1.807, 2.05) is 6.92 Å². The molecule has 1 heterocycles. The Kier molecular flexibility index (Phi) is 2.54. The van der Waals surface area contributed by atoms with Gasteiger partial charge in [0.05, 0.1) is 0 Å². The predicted molar refractivity (Wildman–Crippen MR) is 42.0 cm³/mol. The summed E-state index contributed by atoms with van der Waals surface area (Å²) in [4.78, 5) is 7.98. The van der Waals surface area contributed by atoms with Crippen LogP contribution in [0.5, 0.6) is 0 Å². The zero-order valence-electron chi connectivity index (χ0n) is 6.78. The van der Waals surface area contributed by atoms with E-state index in [0.717, 1.165) is 12.0 Å². The highest BCUT2D eigenvalue weighted by Crippen LogP contribution is 2.04. The summed E-state index contributed by atoms with van der Waals surface area (Å²) in [5.41, 5.74) is 1.09. The molecule has 11 heavy (non-hydrogen) atoms. The molecule has 1 aromatic heterocycles. The first-order valence-corrected chi connectivity index (χ1v) is 3.73. The van der Waals surface area contributed by atoms with Gasteiger partial charge in [-0.1, -0.05) is 6.92 Å². The van der Waals surface area contributed by atoms with Crippen LogP contribution in [-0.4, -0.2) is 15.1 Å². The fraction of sp³-hybridized carbons (Fsp3) is 0.500. The summed E-state index contributed by atoms with van der Waals surface area (Å²) in [6.45, 7) is 3.70. The highest BCUT2D eigenvalue weighted by atomic mass is 16.3. The monoisotopic (exact) mass is 152 g/mol. The van der Waals surface area contributed by atoms with Crippen LogP contribution in [-0.2, 0) is 6.42 Å². The lowest BCUT2D eigenvalue weighted by atomic mass is 10.2. The second kappa shape index (κ2) is 3.44. The van der Waals surface area contributed by atoms with Gasteiger partial charge in [0, 0.05) is 12.4 Å². The summed E-state index contributed by atoms with van der Waals surface area (Å²) in [6.07, 6.45) is 3.85. The highest BCUT2D eigenvalue weighted by molar-refractivity contribution is 5.05. The van der Waals surface area contributed by atoms with Crippen molar-refractivity contribution in [2.24, 2.45) is 0 Å². The van der Waals surface area contributed by atoms with Gasteiger partial charge in [-0.3, -0.25) is 0 Å². The molecule has 0 aromatic carbocycles. The molecule has 0 aliphatic heterocycles. The number of rotatable bonds is 2. The van der Waals surface area contributed by atoms with Crippen LogP contribution in [0, 0.1) is 0 Å². The molecule has 1 rings (SSSR count). The van der Waals surface area contributed by atoms with Gasteiger partial charge in [-0.05, 0) is 18.9 Å². The molecule has 0 amide bonds. The first kappa shape index (κ1) is 8.14. The largest absolute Gasteiger partial charge is 0.385 e. The van der Waals surface area contributed by atoms with Gasteiger partial charge in [0.2, 0.25) is 0 Å². The number of aromatic nitrogens is 2. The summed E-state index contributed by atoms with van der Waals surface area (Å²) >= 11 is 0. The molecule has 0 bridgehead atoms. The first-order valence-electron chi connectivity index (χ1n) is 3.73. The highest BCUT2D eigenvalue weighted by Gasteiger charge is 2.01. The van der Waals surface area contributed by atoms with E-state index >= 15 is 0 Å². The molecule has 1 unspecified atom stereocenters. The average molecular weight is 152 g/mol. The fourth-order valence-electron chi connectivity index (χ4n) is 0.763. The van der Waals surface area contributed by atoms with Crippen molar-refractivity contribution in [2.45, 2.75) is 26.4 Å². The van der Waals surface area contributed by atoms with Crippen LogP contribution in [0.1, 0.15) is 31.3 Å². The van der Waals surface area contributed by atoms with Gasteiger partial charge in [0.1, 0.15) is 6.10 Å². The van der Waals surface area contributed by atoms with Crippen molar-refractivity contribution in [2.75, 3.05) is 0 Å². The molecule has 0 aliphatic rings. The van der Waals surface area contributed by atoms with Gasteiger partial charge in [-0.25, -0.2) is 9.97 Å². The zero-order valence-corrected chi connectivity index (χ0v) is 6.78. The molecule has 0 spiro atoms. The van der Waals surface area contributed by atoms with E-state index in [4.69, 9.17) is 5.11 Å². The summed E-state index contributed by atoms with van der Waals surface area (Å²) < 4.78 is 0. The van der Waals surface area contributed by atoms with Crippen LogP contribution in [0.15, 0.2) is 12.4 Å².